The fourth-order valence-electron chi connectivity index (χ4n) is 1.91. The average Bonchev–Trinajstić information content (AvgIpc) is 2.90. The van der Waals surface area contributed by atoms with E-state index in [1.54, 1.807) is 0 Å². The van der Waals surface area contributed by atoms with Gasteiger partial charge in [-0.25, -0.2) is 4.98 Å². The van der Waals surface area contributed by atoms with E-state index in [0.717, 1.165) is 21.5 Å². The van der Waals surface area contributed by atoms with Crippen LogP contribution in [0.4, 0.5) is 0 Å². The standard InChI is InChI=1S/C15H11BrN2/c16-13-8-6-12(7-9-13)15-17-10-11-18(15)14-4-2-1-3-5-14/h1-11H. The molecule has 3 aromatic rings. The second-order valence-electron chi connectivity index (χ2n) is 3.96. The van der Waals surface area contributed by atoms with E-state index in [9.17, 15) is 0 Å². The van der Waals surface area contributed by atoms with Crippen molar-refractivity contribution in [2.75, 3.05) is 0 Å². The van der Waals surface area contributed by atoms with Crippen molar-refractivity contribution in [3.63, 3.8) is 0 Å². The summed E-state index contributed by atoms with van der Waals surface area (Å²) in [5.41, 5.74) is 2.22. The number of aromatic nitrogens is 2. The number of hydrogen-bond donors (Lipinski definition) is 0. The van der Waals surface area contributed by atoms with Crippen LogP contribution in [0.1, 0.15) is 0 Å². The van der Waals surface area contributed by atoms with Crippen LogP contribution in [0.15, 0.2) is 71.5 Å². The maximum atomic E-state index is 4.44. The molecule has 0 saturated heterocycles. The largest absolute Gasteiger partial charge is 0.300 e. The maximum Gasteiger partial charge on any atom is 0.144 e. The Bertz CT molecular complexity index is 642. The van der Waals surface area contributed by atoms with Gasteiger partial charge in [0.05, 0.1) is 0 Å². The van der Waals surface area contributed by atoms with Crippen LogP contribution in [-0.2, 0) is 0 Å². The molecular formula is C15H11BrN2. The Hall–Kier alpha value is -1.87. The van der Waals surface area contributed by atoms with Gasteiger partial charge >= 0.3 is 0 Å². The van der Waals surface area contributed by atoms with Crippen molar-refractivity contribution in [2.45, 2.75) is 0 Å². The zero-order chi connectivity index (χ0) is 12.4. The number of rotatable bonds is 2. The molecule has 0 fully saturated rings. The lowest BCUT2D eigenvalue weighted by Gasteiger charge is -2.07. The highest BCUT2D eigenvalue weighted by Gasteiger charge is 2.06. The molecule has 0 unspecified atom stereocenters. The molecule has 0 saturated carbocycles. The van der Waals surface area contributed by atoms with Crippen molar-refractivity contribution in [1.29, 1.82) is 0 Å². The Kier molecular flexibility index (Phi) is 2.99. The van der Waals surface area contributed by atoms with Crippen LogP contribution in [0.5, 0.6) is 0 Å². The summed E-state index contributed by atoms with van der Waals surface area (Å²) in [6.45, 7) is 0. The van der Waals surface area contributed by atoms with E-state index in [1.807, 2.05) is 42.7 Å². The second kappa shape index (κ2) is 4.78. The number of imidazole rings is 1. The monoisotopic (exact) mass is 298 g/mol. The summed E-state index contributed by atoms with van der Waals surface area (Å²) in [5, 5.41) is 0. The van der Waals surface area contributed by atoms with Gasteiger partial charge in [-0.2, -0.15) is 0 Å². The third-order valence-electron chi connectivity index (χ3n) is 2.78. The average molecular weight is 299 g/mol. The van der Waals surface area contributed by atoms with Gasteiger partial charge in [0.1, 0.15) is 5.82 Å². The smallest absolute Gasteiger partial charge is 0.144 e. The third-order valence-corrected chi connectivity index (χ3v) is 3.31. The molecule has 0 N–H and O–H groups in total. The summed E-state index contributed by atoms with van der Waals surface area (Å²) >= 11 is 3.44. The van der Waals surface area contributed by atoms with Crippen LogP contribution in [0.3, 0.4) is 0 Å². The molecule has 1 aromatic heterocycles. The SMILES string of the molecule is Brc1ccc(-c2nccn2-c2ccccc2)cc1. The summed E-state index contributed by atoms with van der Waals surface area (Å²) in [6, 6.07) is 18.4. The molecule has 3 heteroatoms. The number of benzene rings is 2. The Morgan fingerprint density at radius 3 is 2.33 bits per heavy atom. The highest BCUT2D eigenvalue weighted by molar-refractivity contribution is 9.10. The zero-order valence-corrected chi connectivity index (χ0v) is 11.2. The highest BCUT2D eigenvalue weighted by Crippen LogP contribution is 2.22. The fraction of sp³-hybridized carbons (Fsp3) is 0. The summed E-state index contributed by atoms with van der Waals surface area (Å²) in [7, 11) is 0. The minimum Gasteiger partial charge on any atom is -0.300 e. The van der Waals surface area contributed by atoms with Gasteiger partial charge in [0.15, 0.2) is 0 Å². The van der Waals surface area contributed by atoms with Crippen LogP contribution in [0.2, 0.25) is 0 Å². The van der Waals surface area contributed by atoms with E-state index in [2.05, 4.69) is 49.7 Å². The first-order valence-corrected chi connectivity index (χ1v) is 6.48. The number of hydrogen-bond acceptors (Lipinski definition) is 1. The molecule has 0 atom stereocenters. The molecule has 0 aliphatic heterocycles. The predicted molar refractivity (Wildman–Crippen MR) is 76.7 cm³/mol. The first-order valence-electron chi connectivity index (χ1n) is 5.69. The zero-order valence-electron chi connectivity index (χ0n) is 9.62. The van der Waals surface area contributed by atoms with Crippen LogP contribution in [0.25, 0.3) is 17.1 Å². The molecule has 88 valence electrons. The van der Waals surface area contributed by atoms with Crippen molar-refractivity contribution >= 4 is 15.9 Å². The molecule has 18 heavy (non-hydrogen) atoms. The summed E-state index contributed by atoms with van der Waals surface area (Å²) < 4.78 is 3.16. The molecule has 0 spiro atoms. The Morgan fingerprint density at radius 2 is 1.61 bits per heavy atom. The number of halogens is 1. The Labute approximate surface area is 114 Å². The second-order valence-corrected chi connectivity index (χ2v) is 4.88. The van der Waals surface area contributed by atoms with E-state index < -0.39 is 0 Å². The maximum absolute atomic E-state index is 4.44. The van der Waals surface area contributed by atoms with E-state index >= 15 is 0 Å². The minimum atomic E-state index is 0.952. The van der Waals surface area contributed by atoms with Crippen molar-refractivity contribution in [3.05, 3.63) is 71.5 Å². The topological polar surface area (TPSA) is 17.8 Å². The Balaban J connectivity index is 2.10. The van der Waals surface area contributed by atoms with Gasteiger partial charge in [0.2, 0.25) is 0 Å². The van der Waals surface area contributed by atoms with Crippen LogP contribution >= 0.6 is 15.9 Å². The van der Waals surface area contributed by atoms with Gasteiger partial charge in [-0.15, -0.1) is 0 Å². The van der Waals surface area contributed by atoms with Gasteiger partial charge in [0.25, 0.3) is 0 Å². The van der Waals surface area contributed by atoms with E-state index in [0.29, 0.717) is 0 Å². The van der Waals surface area contributed by atoms with Crippen LogP contribution in [0, 0.1) is 0 Å². The minimum absolute atomic E-state index is 0.952. The lowest BCUT2D eigenvalue weighted by Crippen LogP contribution is -1.95. The van der Waals surface area contributed by atoms with Crippen LogP contribution < -0.4 is 0 Å². The van der Waals surface area contributed by atoms with Gasteiger partial charge in [0, 0.05) is 28.1 Å². The first-order chi connectivity index (χ1) is 8.84. The molecule has 0 amide bonds. The van der Waals surface area contributed by atoms with Gasteiger partial charge < -0.3 is 0 Å². The molecular weight excluding hydrogens is 288 g/mol. The molecule has 0 radical (unpaired) electrons. The normalized spacial score (nSPS) is 10.5. The molecule has 0 bridgehead atoms. The molecule has 2 nitrogen and oxygen atoms in total. The third kappa shape index (κ3) is 2.09. The highest BCUT2D eigenvalue weighted by atomic mass is 79.9. The first kappa shape index (κ1) is 11.2. The molecule has 0 aliphatic carbocycles. The van der Waals surface area contributed by atoms with Gasteiger partial charge in [-0.1, -0.05) is 46.3 Å². The van der Waals surface area contributed by atoms with Crippen molar-refractivity contribution in [1.82, 2.24) is 9.55 Å². The molecule has 0 aliphatic rings. The van der Waals surface area contributed by atoms with Crippen molar-refractivity contribution < 1.29 is 0 Å². The quantitative estimate of drug-likeness (QED) is 0.690. The predicted octanol–water partition coefficient (Wildman–Crippen LogP) is 4.30. The van der Waals surface area contributed by atoms with Crippen molar-refractivity contribution in [3.8, 4) is 17.1 Å². The molecule has 3 rings (SSSR count). The summed E-state index contributed by atoms with van der Waals surface area (Å²) in [4.78, 5) is 4.44. The van der Waals surface area contributed by atoms with E-state index in [1.165, 1.54) is 0 Å². The molecule has 2 aromatic carbocycles. The Morgan fingerprint density at radius 1 is 0.889 bits per heavy atom. The number of para-hydroxylation sites is 1. The number of nitrogens with zero attached hydrogens (tertiary/aromatic N) is 2. The summed E-state index contributed by atoms with van der Waals surface area (Å²) in [5.74, 6) is 0.952. The fourth-order valence-corrected chi connectivity index (χ4v) is 2.18. The van der Waals surface area contributed by atoms with Gasteiger partial charge in [-0.05, 0) is 24.3 Å². The van der Waals surface area contributed by atoms with Crippen LogP contribution in [-0.4, -0.2) is 9.55 Å². The lowest BCUT2D eigenvalue weighted by atomic mass is 10.2. The van der Waals surface area contributed by atoms with E-state index in [4.69, 9.17) is 0 Å². The van der Waals surface area contributed by atoms with E-state index in [-0.39, 0.29) is 0 Å². The van der Waals surface area contributed by atoms with Gasteiger partial charge in [-0.3, -0.25) is 4.57 Å². The summed E-state index contributed by atoms with van der Waals surface area (Å²) in [6.07, 6.45) is 3.80. The molecule has 1 heterocycles. The van der Waals surface area contributed by atoms with Crippen molar-refractivity contribution in [2.24, 2.45) is 0 Å². The lowest BCUT2D eigenvalue weighted by molar-refractivity contribution is 1.07.